The van der Waals surface area contributed by atoms with E-state index in [2.05, 4.69) is 18.4 Å². The minimum Gasteiger partial charge on any atom is -0.319 e. The zero-order valence-electron chi connectivity index (χ0n) is 9.84. The third-order valence-electron chi connectivity index (χ3n) is 3.63. The Morgan fingerprint density at radius 2 is 2.19 bits per heavy atom. The highest BCUT2D eigenvalue weighted by molar-refractivity contribution is 7.16. The molecule has 1 unspecified atom stereocenters. The molecule has 1 saturated carbocycles. The Morgan fingerprint density at radius 3 is 2.75 bits per heavy atom. The second-order valence-corrected chi connectivity index (χ2v) is 6.57. The highest BCUT2D eigenvalue weighted by Crippen LogP contribution is 2.34. The summed E-state index contributed by atoms with van der Waals surface area (Å²) in [7, 11) is 2.06. The molecule has 1 aliphatic rings. The van der Waals surface area contributed by atoms with Gasteiger partial charge in [0.2, 0.25) is 0 Å². The fourth-order valence-electron chi connectivity index (χ4n) is 2.82. The Bertz CT molecular complexity index is 317. The van der Waals surface area contributed by atoms with Crippen LogP contribution in [0.5, 0.6) is 0 Å². The van der Waals surface area contributed by atoms with Gasteiger partial charge in [0.25, 0.3) is 0 Å². The molecule has 0 bridgehead atoms. The van der Waals surface area contributed by atoms with Crippen LogP contribution in [0.1, 0.15) is 30.6 Å². The van der Waals surface area contributed by atoms with Gasteiger partial charge in [-0.05, 0) is 44.0 Å². The summed E-state index contributed by atoms with van der Waals surface area (Å²) < 4.78 is 0.921. The summed E-state index contributed by atoms with van der Waals surface area (Å²) in [5, 5.41) is 3.34. The van der Waals surface area contributed by atoms with Gasteiger partial charge < -0.3 is 5.32 Å². The minimum absolute atomic E-state index is 0.794. The van der Waals surface area contributed by atoms with Crippen LogP contribution in [0.25, 0.3) is 0 Å². The molecule has 1 heterocycles. The molecule has 1 aliphatic carbocycles. The van der Waals surface area contributed by atoms with E-state index in [0.717, 1.165) is 22.7 Å². The fourth-order valence-corrected chi connectivity index (χ4v) is 4.00. The summed E-state index contributed by atoms with van der Waals surface area (Å²) in [6.45, 7) is 1.14. The Hall–Kier alpha value is -0.0500. The predicted octanol–water partition coefficient (Wildman–Crippen LogP) is 3.97. The van der Waals surface area contributed by atoms with Crippen molar-refractivity contribution in [3.8, 4) is 0 Å². The summed E-state index contributed by atoms with van der Waals surface area (Å²) in [6, 6.07) is 4.21. The average molecular weight is 258 g/mol. The molecule has 0 spiro atoms. The van der Waals surface area contributed by atoms with Crippen molar-refractivity contribution in [3.63, 3.8) is 0 Å². The number of thiophene rings is 1. The van der Waals surface area contributed by atoms with Gasteiger partial charge >= 0.3 is 0 Å². The van der Waals surface area contributed by atoms with Gasteiger partial charge in [-0.15, -0.1) is 11.3 Å². The van der Waals surface area contributed by atoms with Crippen LogP contribution in [0.2, 0.25) is 4.34 Å². The van der Waals surface area contributed by atoms with E-state index in [9.17, 15) is 0 Å². The summed E-state index contributed by atoms with van der Waals surface area (Å²) in [5.74, 6) is 1.72. The first-order valence-corrected chi connectivity index (χ1v) is 7.38. The molecular weight excluding hydrogens is 238 g/mol. The topological polar surface area (TPSA) is 12.0 Å². The zero-order chi connectivity index (χ0) is 11.4. The number of nitrogens with one attached hydrogen (secondary N) is 1. The molecule has 90 valence electrons. The van der Waals surface area contributed by atoms with Gasteiger partial charge in [0.15, 0.2) is 0 Å². The second kappa shape index (κ2) is 6.04. The third-order valence-corrected chi connectivity index (χ3v) is 4.88. The van der Waals surface area contributed by atoms with Gasteiger partial charge in [0.05, 0.1) is 4.34 Å². The monoisotopic (exact) mass is 257 g/mol. The van der Waals surface area contributed by atoms with Crippen molar-refractivity contribution in [3.05, 3.63) is 21.3 Å². The molecule has 1 atom stereocenters. The van der Waals surface area contributed by atoms with E-state index in [1.54, 1.807) is 11.3 Å². The highest BCUT2D eigenvalue weighted by atomic mass is 35.5. The van der Waals surface area contributed by atoms with E-state index in [1.807, 2.05) is 6.07 Å². The molecular formula is C13H20ClNS. The molecule has 0 aliphatic heterocycles. The Morgan fingerprint density at radius 1 is 1.44 bits per heavy atom. The number of halogens is 1. The first kappa shape index (κ1) is 12.4. The lowest BCUT2D eigenvalue weighted by Gasteiger charge is -2.22. The Balaban J connectivity index is 1.96. The van der Waals surface area contributed by atoms with Gasteiger partial charge in [-0.1, -0.05) is 37.3 Å². The second-order valence-electron chi connectivity index (χ2n) is 4.77. The van der Waals surface area contributed by atoms with Gasteiger partial charge in [-0.3, -0.25) is 0 Å². The van der Waals surface area contributed by atoms with Crippen molar-refractivity contribution >= 4 is 22.9 Å². The molecule has 0 amide bonds. The molecule has 1 fully saturated rings. The van der Waals surface area contributed by atoms with E-state index < -0.39 is 0 Å². The maximum absolute atomic E-state index is 5.98. The molecule has 3 heteroatoms. The quantitative estimate of drug-likeness (QED) is 0.842. The highest BCUT2D eigenvalue weighted by Gasteiger charge is 2.24. The minimum atomic E-state index is 0.794. The third kappa shape index (κ3) is 3.22. The molecule has 0 aromatic carbocycles. The van der Waals surface area contributed by atoms with Crippen molar-refractivity contribution < 1.29 is 0 Å². The molecule has 1 N–H and O–H groups in total. The fraction of sp³-hybridized carbons (Fsp3) is 0.692. The predicted molar refractivity (Wildman–Crippen MR) is 72.4 cm³/mol. The van der Waals surface area contributed by atoms with Gasteiger partial charge in [0, 0.05) is 4.88 Å². The summed E-state index contributed by atoms with van der Waals surface area (Å²) >= 11 is 7.72. The number of hydrogen-bond acceptors (Lipinski definition) is 2. The van der Waals surface area contributed by atoms with E-state index in [4.69, 9.17) is 11.6 Å². The van der Waals surface area contributed by atoms with Crippen LogP contribution in [0.4, 0.5) is 0 Å². The van der Waals surface area contributed by atoms with Crippen molar-refractivity contribution in [2.45, 2.75) is 32.1 Å². The molecule has 1 aromatic heterocycles. The van der Waals surface area contributed by atoms with Crippen LogP contribution in [0.3, 0.4) is 0 Å². The van der Waals surface area contributed by atoms with Crippen LogP contribution in [0.15, 0.2) is 12.1 Å². The van der Waals surface area contributed by atoms with Crippen molar-refractivity contribution in [1.82, 2.24) is 5.32 Å². The lowest BCUT2D eigenvalue weighted by atomic mass is 9.87. The summed E-state index contributed by atoms with van der Waals surface area (Å²) in [4.78, 5) is 1.44. The van der Waals surface area contributed by atoms with Crippen molar-refractivity contribution in [2.24, 2.45) is 11.8 Å². The summed E-state index contributed by atoms with van der Waals surface area (Å²) in [6.07, 6.45) is 6.89. The first-order chi connectivity index (χ1) is 7.79. The van der Waals surface area contributed by atoms with Crippen molar-refractivity contribution in [2.75, 3.05) is 13.6 Å². The van der Waals surface area contributed by atoms with Gasteiger partial charge in [-0.25, -0.2) is 0 Å². The normalized spacial score (nSPS) is 19.1. The maximum atomic E-state index is 5.98. The molecule has 2 rings (SSSR count). The molecule has 1 aromatic rings. The first-order valence-electron chi connectivity index (χ1n) is 6.18. The SMILES string of the molecule is CNCC(Cc1ccc(Cl)s1)C1CCCC1. The Kier molecular flexibility index (Phi) is 4.68. The van der Waals surface area contributed by atoms with Crippen LogP contribution in [-0.4, -0.2) is 13.6 Å². The van der Waals surface area contributed by atoms with E-state index in [-0.39, 0.29) is 0 Å². The number of hydrogen-bond donors (Lipinski definition) is 1. The van der Waals surface area contributed by atoms with E-state index >= 15 is 0 Å². The molecule has 1 nitrogen and oxygen atoms in total. The van der Waals surface area contributed by atoms with Gasteiger partial charge in [-0.2, -0.15) is 0 Å². The van der Waals surface area contributed by atoms with Crippen molar-refractivity contribution in [1.29, 1.82) is 0 Å². The average Bonchev–Trinajstić information content (AvgIpc) is 2.88. The smallest absolute Gasteiger partial charge is 0.0931 e. The molecule has 16 heavy (non-hydrogen) atoms. The molecule has 0 radical (unpaired) electrons. The van der Waals surface area contributed by atoms with Crippen LogP contribution in [0, 0.1) is 11.8 Å². The largest absolute Gasteiger partial charge is 0.319 e. The van der Waals surface area contributed by atoms with E-state index in [1.165, 1.54) is 37.0 Å². The lowest BCUT2D eigenvalue weighted by Crippen LogP contribution is -2.26. The Labute approximate surface area is 107 Å². The maximum Gasteiger partial charge on any atom is 0.0931 e. The van der Waals surface area contributed by atoms with E-state index in [0.29, 0.717) is 0 Å². The van der Waals surface area contributed by atoms with Gasteiger partial charge in [0.1, 0.15) is 0 Å². The lowest BCUT2D eigenvalue weighted by molar-refractivity contribution is 0.330. The van der Waals surface area contributed by atoms with Crippen LogP contribution >= 0.6 is 22.9 Å². The van der Waals surface area contributed by atoms with Crippen LogP contribution in [-0.2, 0) is 6.42 Å². The number of rotatable bonds is 5. The molecule has 0 saturated heterocycles. The summed E-state index contributed by atoms with van der Waals surface area (Å²) in [5.41, 5.74) is 0. The zero-order valence-corrected chi connectivity index (χ0v) is 11.4. The van der Waals surface area contributed by atoms with Crippen LogP contribution < -0.4 is 5.32 Å². The standard InChI is InChI=1S/C13H20ClNS/c1-15-9-11(10-4-2-3-5-10)8-12-6-7-13(14)16-12/h6-7,10-11,15H,2-5,8-9H2,1H3.